The Kier molecular flexibility index (Phi) is 7.30. The lowest BCUT2D eigenvalue weighted by Crippen LogP contribution is -2.59. The second-order valence-electron chi connectivity index (χ2n) is 12.8. The molecule has 10 nitrogen and oxygen atoms in total. The van der Waals surface area contributed by atoms with Gasteiger partial charge in [0.2, 0.25) is 11.6 Å². The second-order valence-corrected chi connectivity index (χ2v) is 13.9. The molecule has 4 aliphatic rings. The molecule has 4 fully saturated rings. The van der Waals surface area contributed by atoms with Crippen LogP contribution >= 0.6 is 0 Å². The van der Waals surface area contributed by atoms with Crippen molar-refractivity contribution in [2.24, 2.45) is 46.3 Å². The molecule has 2 N–H and O–H groups in total. The van der Waals surface area contributed by atoms with Crippen molar-refractivity contribution in [3.05, 3.63) is 5.82 Å². The van der Waals surface area contributed by atoms with E-state index in [1.807, 2.05) is 0 Å². The fourth-order valence-electron chi connectivity index (χ4n) is 9.55. The molecule has 11 heteroatoms. The summed E-state index contributed by atoms with van der Waals surface area (Å²) in [7, 11) is -2.80. The number of ketones is 1. The van der Waals surface area contributed by atoms with Crippen LogP contribution < -0.4 is 0 Å². The lowest BCUT2D eigenvalue weighted by molar-refractivity contribution is -0.170. The average Bonchev–Trinajstić information content (AvgIpc) is 3.49. The van der Waals surface area contributed by atoms with Crippen molar-refractivity contribution < 1.29 is 26.7 Å². The van der Waals surface area contributed by atoms with Crippen molar-refractivity contribution in [2.45, 2.75) is 97.2 Å². The molecule has 0 bridgehead atoms. The number of carbonyl (C=O) groups excluding carboxylic acids is 1. The monoisotopic (exact) mass is 538 g/mol. The Morgan fingerprint density at radius 3 is 2.54 bits per heavy atom. The second kappa shape index (κ2) is 9.95. The van der Waals surface area contributed by atoms with Crippen molar-refractivity contribution in [1.29, 1.82) is 0 Å². The maximum Gasteiger partial charge on any atom is 0.397 e. The summed E-state index contributed by atoms with van der Waals surface area (Å²) < 4.78 is 44.9. The quantitative estimate of drug-likeness (QED) is 0.366. The highest BCUT2D eigenvalue weighted by molar-refractivity contribution is 7.80. The third-order valence-electron chi connectivity index (χ3n) is 11.4. The van der Waals surface area contributed by atoms with Gasteiger partial charge in [-0.05, 0) is 109 Å². The van der Waals surface area contributed by atoms with E-state index in [4.69, 9.17) is 8.92 Å². The molecule has 4 saturated carbocycles. The molecule has 5 rings (SSSR count). The van der Waals surface area contributed by atoms with E-state index in [-0.39, 0.29) is 34.5 Å². The molecule has 0 aromatic carbocycles. The number of H-pyrrole nitrogens is 1. The fraction of sp³-hybridized carbons (Fsp3) is 0.923. The Morgan fingerprint density at radius 1 is 1.14 bits per heavy atom. The number of fused-ring (bicyclic) bond motifs is 5. The largest absolute Gasteiger partial charge is 0.397 e. The van der Waals surface area contributed by atoms with Gasteiger partial charge in [-0.15, -0.1) is 10.2 Å². The zero-order chi connectivity index (χ0) is 26.6. The van der Waals surface area contributed by atoms with Crippen LogP contribution in [0.15, 0.2) is 0 Å². The van der Waals surface area contributed by atoms with Gasteiger partial charge in [0.25, 0.3) is 0 Å². The van der Waals surface area contributed by atoms with E-state index in [2.05, 4.69) is 41.4 Å². The van der Waals surface area contributed by atoms with Crippen molar-refractivity contribution in [3.63, 3.8) is 0 Å². The first-order valence-corrected chi connectivity index (χ1v) is 15.3. The Labute approximate surface area is 220 Å². The number of nitrogens with zero attached hydrogens (tertiary/aromatic N) is 3. The SMILES string of the molecule is CO[C@@H]1CC[C@@]2(C)[C@@H](C1)C[C@@H](OS(=O)(=O)O)[C@@H]1[C@@H]2CC[C@]2(C)[C@@H]([C@H](C)CCC(=O)c3nn[nH]n3)CC[C@@H]12. The molecule has 0 saturated heterocycles. The summed E-state index contributed by atoms with van der Waals surface area (Å²) in [5.41, 5.74) is 0.171. The molecule has 37 heavy (non-hydrogen) atoms. The summed E-state index contributed by atoms with van der Waals surface area (Å²) in [6, 6.07) is 0. The van der Waals surface area contributed by atoms with Gasteiger partial charge < -0.3 is 4.74 Å². The highest BCUT2D eigenvalue weighted by Gasteiger charge is 2.63. The van der Waals surface area contributed by atoms with Crippen LogP contribution in [0.1, 0.15) is 95.6 Å². The predicted octanol–water partition coefficient (Wildman–Crippen LogP) is 4.27. The molecule has 1 aromatic rings. The fourth-order valence-corrected chi connectivity index (χ4v) is 10.1. The van der Waals surface area contributed by atoms with Crippen LogP contribution in [0.5, 0.6) is 0 Å². The van der Waals surface area contributed by atoms with Crippen LogP contribution in [0.2, 0.25) is 0 Å². The minimum atomic E-state index is -4.56. The third kappa shape index (κ3) is 4.89. The number of rotatable bonds is 8. The van der Waals surface area contributed by atoms with Crippen molar-refractivity contribution in [2.75, 3.05) is 7.11 Å². The number of nitrogens with one attached hydrogen (secondary N) is 1. The van der Waals surface area contributed by atoms with E-state index in [0.717, 1.165) is 51.4 Å². The standard InChI is InChI=1S/C26H42N4O6S/c1-15(5-8-21(31)24-27-29-30-28-24)18-6-7-19-23-20(10-12-26(18,19)3)25(2)11-9-17(35-4)13-16(25)14-22(23)36-37(32,33)34/h15-20,22-23H,5-14H2,1-4H3,(H,32,33,34)(H,27,28,29,30)/t15-,16+,17-,18-,19+,20+,22-,23+,25+,26-/m1/s1. The minimum absolute atomic E-state index is 0.0452. The van der Waals surface area contributed by atoms with Crippen LogP contribution in [0.4, 0.5) is 0 Å². The zero-order valence-electron chi connectivity index (χ0n) is 22.4. The molecular weight excluding hydrogens is 496 g/mol. The number of carbonyl (C=O) groups is 1. The third-order valence-corrected chi connectivity index (χ3v) is 11.9. The van der Waals surface area contributed by atoms with E-state index < -0.39 is 16.5 Å². The minimum Gasteiger partial charge on any atom is -0.381 e. The molecule has 208 valence electrons. The number of ether oxygens (including phenoxy) is 1. The molecular formula is C26H42N4O6S. The number of tetrazole rings is 1. The van der Waals surface area contributed by atoms with Gasteiger partial charge >= 0.3 is 10.4 Å². The smallest absolute Gasteiger partial charge is 0.381 e. The molecule has 0 radical (unpaired) electrons. The Bertz CT molecular complexity index is 1080. The first kappa shape index (κ1) is 27.1. The molecule has 0 amide bonds. The van der Waals surface area contributed by atoms with Crippen LogP contribution in [0, 0.1) is 46.3 Å². The molecule has 4 aliphatic carbocycles. The number of hydrogen-bond acceptors (Lipinski definition) is 8. The van der Waals surface area contributed by atoms with Gasteiger partial charge in [-0.1, -0.05) is 20.8 Å². The molecule has 0 unspecified atom stereocenters. The Balaban J connectivity index is 1.37. The molecule has 0 spiro atoms. The Morgan fingerprint density at radius 2 is 1.86 bits per heavy atom. The van der Waals surface area contributed by atoms with Crippen LogP contribution in [0.3, 0.4) is 0 Å². The van der Waals surface area contributed by atoms with Gasteiger partial charge in [-0.25, -0.2) is 4.18 Å². The molecule has 10 atom stereocenters. The lowest BCUT2D eigenvalue weighted by Gasteiger charge is -2.62. The van der Waals surface area contributed by atoms with Crippen molar-refractivity contribution in [1.82, 2.24) is 20.6 Å². The number of methoxy groups -OCH3 is 1. The molecule has 1 aromatic heterocycles. The summed E-state index contributed by atoms with van der Waals surface area (Å²) in [6.07, 6.45) is 8.74. The van der Waals surface area contributed by atoms with E-state index in [1.165, 1.54) is 0 Å². The average molecular weight is 539 g/mol. The van der Waals surface area contributed by atoms with Gasteiger partial charge in [-0.3, -0.25) is 9.35 Å². The number of Topliss-reactive ketones (excluding diaryl/α,β-unsaturated/α-hetero) is 1. The zero-order valence-corrected chi connectivity index (χ0v) is 23.2. The van der Waals surface area contributed by atoms with Crippen molar-refractivity contribution >= 4 is 16.2 Å². The summed E-state index contributed by atoms with van der Waals surface area (Å²) in [4.78, 5) is 12.5. The van der Waals surface area contributed by atoms with Gasteiger partial charge in [0.1, 0.15) is 0 Å². The van der Waals surface area contributed by atoms with E-state index in [9.17, 15) is 17.8 Å². The van der Waals surface area contributed by atoms with Crippen molar-refractivity contribution in [3.8, 4) is 0 Å². The van der Waals surface area contributed by atoms with E-state index in [1.54, 1.807) is 7.11 Å². The van der Waals surface area contributed by atoms with Gasteiger partial charge in [0.05, 0.1) is 12.2 Å². The number of hydrogen-bond donors (Lipinski definition) is 2. The topological polar surface area (TPSA) is 144 Å². The molecule has 0 aliphatic heterocycles. The summed E-state index contributed by atoms with van der Waals surface area (Å²) in [6.45, 7) is 7.03. The van der Waals surface area contributed by atoms with Crippen LogP contribution in [-0.4, -0.2) is 58.7 Å². The molecule has 1 heterocycles. The lowest BCUT2D eigenvalue weighted by atomic mass is 9.43. The first-order chi connectivity index (χ1) is 17.5. The summed E-state index contributed by atoms with van der Waals surface area (Å²) >= 11 is 0. The highest BCUT2D eigenvalue weighted by Crippen LogP contribution is 2.69. The van der Waals surface area contributed by atoms with E-state index >= 15 is 0 Å². The normalized spacial score (nSPS) is 42.5. The van der Waals surface area contributed by atoms with E-state index in [0.29, 0.717) is 42.4 Å². The Hall–Kier alpha value is -1.43. The predicted molar refractivity (Wildman–Crippen MR) is 135 cm³/mol. The van der Waals surface area contributed by atoms with Crippen LogP contribution in [0.25, 0.3) is 0 Å². The summed E-state index contributed by atoms with van der Waals surface area (Å²) in [5.74, 6) is 1.93. The van der Waals surface area contributed by atoms with Gasteiger partial charge in [0, 0.05) is 13.5 Å². The maximum atomic E-state index is 12.5. The number of aromatic amines is 1. The maximum absolute atomic E-state index is 12.5. The highest BCUT2D eigenvalue weighted by atomic mass is 32.3. The first-order valence-electron chi connectivity index (χ1n) is 13.9. The summed E-state index contributed by atoms with van der Waals surface area (Å²) in [5, 5.41) is 13.5. The van der Waals surface area contributed by atoms with Crippen LogP contribution in [-0.2, 0) is 19.3 Å². The number of aromatic nitrogens is 4. The van der Waals surface area contributed by atoms with Gasteiger partial charge in [0.15, 0.2) is 0 Å². The van der Waals surface area contributed by atoms with Gasteiger partial charge in [-0.2, -0.15) is 13.6 Å².